The Morgan fingerprint density at radius 3 is 3.20 bits per heavy atom. The van der Waals surface area contributed by atoms with Crippen LogP contribution in [0, 0.1) is 5.53 Å². The lowest BCUT2D eigenvalue weighted by Gasteiger charge is -1.83. The lowest BCUT2D eigenvalue weighted by Crippen LogP contribution is -1.64. The fourth-order valence-corrected chi connectivity index (χ4v) is 0.938. The van der Waals surface area contributed by atoms with E-state index in [0.717, 1.165) is 11.3 Å². The predicted molar refractivity (Wildman–Crippen MR) is 34.5 cm³/mol. The molecule has 1 heterocycles. The molecule has 0 spiro atoms. The van der Waals surface area contributed by atoms with E-state index in [4.69, 9.17) is 10.1 Å². The van der Waals surface area contributed by atoms with Crippen molar-refractivity contribution in [2.75, 3.05) is 0 Å². The summed E-state index contributed by atoms with van der Waals surface area (Å²) >= 11 is 0. The van der Waals surface area contributed by atoms with Gasteiger partial charge < -0.3 is 4.52 Å². The van der Waals surface area contributed by atoms with Gasteiger partial charge >= 0.3 is 0 Å². The number of nitrogens with one attached hydrogen (secondary N) is 2. The van der Waals surface area contributed by atoms with Crippen molar-refractivity contribution in [3.63, 3.8) is 0 Å². The molecule has 0 aromatic carbocycles. The Labute approximate surface area is 56.7 Å². The van der Waals surface area contributed by atoms with Crippen LogP contribution >= 0.6 is 0 Å². The first-order valence-electron chi connectivity index (χ1n) is 2.84. The highest BCUT2D eigenvalue weighted by molar-refractivity contribution is 5.74. The summed E-state index contributed by atoms with van der Waals surface area (Å²) in [7, 11) is 0. The topological polar surface area (TPSA) is 65.1 Å². The van der Waals surface area contributed by atoms with Crippen molar-refractivity contribution in [1.29, 1.82) is 5.53 Å². The average Bonchev–Trinajstić information content (AvgIpc) is 2.44. The molecule has 0 unspecified atom stereocenters. The number of hydrogen-bond acceptors (Lipinski definition) is 3. The van der Waals surface area contributed by atoms with Crippen molar-refractivity contribution < 1.29 is 4.52 Å². The van der Waals surface area contributed by atoms with Gasteiger partial charge in [0.05, 0.1) is 0 Å². The summed E-state index contributed by atoms with van der Waals surface area (Å²) in [6, 6.07) is 3.62. The van der Waals surface area contributed by atoms with Gasteiger partial charge in [0.1, 0.15) is 17.6 Å². The second-order valence-corrected chi connectivity index (χ2v) is 2.00. The minimum absolute atomic E-state index is 0.615. The molecule has 2 N–H and O–H groups in total. The van der Waals surface area contributed by atoms with Gasteiger partial charge in [-0.3, -0.25) is 0 Å². The molecule has 0 aromatic rings. The number of aromatic amines is 1. The highest BCUT2D eigenvalue weighted by atomic mass is 16.5. The van der Waals surface area contributed by atoms with E-state index in [9.17, 15) is 0 Å². The maximum atomic E-state index is 6.74. The molecule has 0 saturated carbocycles. The highest BCUT2D eigenvalue weighted by Gasteiger charge is 2.10. The molecule has 1 aliphatic carbocycles. The predicted octanol–water partition coefficient (Wildman–Crippen LogP) is 2.37. The van der Waals surface area contributed by atoms with Gasteiger partial charge in [-0.1, -0.05) is 0 Å². The fourth-order valence-electron chi connectivity index (χ4n) is 0.938. The highest BCUT2D eigenvalue weighted by Crippen LogP contribution is 2.32. The summed E-state index contributed by atoms with van der Waals surface area (Å²) in [6.07, 6.45) is 1.59. The van der Waals surface area contributed by atoms with Crippen LogP contribution in [-0.4, -0.2) is 5.16 Å². The van der Waals surface area contributed by atoms with Crippen LogP contribution in [0.3, 0.4) is 0 Å². The van der Waals surface area contributed by atoms with Gasteiger partial charge in [-0.05, 0) is 12.1 Å². The van der Waals surface area contributed by atoms with Gasteiger partial charge in [0.25, 0.3) is 0 Å². The van der Waals surface area contributed by atoms with Gasteiger partial charge in [-0.15, -0.1) is 0 Å². The zero-order chi connectivity index (χ0) is 6.97. The first-order chi connectivity index (χ1) is 4.92. The van der Waals surface area contributed by atoms with Crippen LogP contribution < -0.4 is 0 Å². The van der Waals surface area contributed by atoms with E-state index >= 15 is 0 Å². The molecular formula is C6H5N3O. The molecule has 50 valence electrons. The molecule has 10 heavy (non-hydrogen) atoms. The van der Waals surface area contributed by atoms with Crippen LogP contribution in [0.25, 0.3) is 11.3 Å². The van der Waals surface area contributed by atoms with Crippen LogP contribution in [0.5, 0.6) is 0 Å². The molecule has 0 aromatic heterocycles. The van der Waals surface area contributed by atoms with E-state index in [1.54, 1.807) is 12.3 Å². The second kappa shape index (κ2) is 1.70. The summed E-state index contributed by atoms with van der Waals surface area (Å²) in [5.41, 5.74) is 9.10. The standard InChI is InChI=1S/C6H5N3O/c7-8-5-2-1-4-3-10-9-6(4)5/h1-3,7,9H. The summed E-state index contributed by atoms with van der Waals surface area (Å²) in [5, 5.41) is 5.92. The van der Waals surface area contributed by atoms with Crippen LogP contribution in [-0.2, 0) is 0 Å². The molecular weight excluding hydrogens is 130 g/mol. The van der Waals surface area contributed by atoms with E-state index in [1.165, 1.54) is 0 Å². The molecule has 0 radical (unpaired) electrons. The van der Waals surface area contributed by atoms with Crippen LogP contribution in [0.4, 0.5) is 5.69 Å². The third kappa shape index (κ3) is 0.500. The zero-order valence-corrected chi connectivity index (χ0v) is 5.09. The van der Waals surface area contributed by atoms with Crippen molar-refractivity contribution >= 4 is 5.69 Å². The second-order valence-electron chi connectivity index (χ2n) is 2.00. The fraction of sp³-hybridized carbons (Fsp3) is 0. The van der Waals surface area contributed by atoms with E-state index in [-0.39, 0.29) is 0 Å². The van der Waals surface area contributed by atoms with Crippen molar-refractivity contribution in [3.05, 3.63) is 18.4 Å². The van der Waals surface area contributed by atoms with E-state index in [0.29, 0.717) is 5.69 Å². The van der Waals surface area contributed by atoms with Crippen molar-refractivity contribution in [2.45, 2.75) is 0 Å². The summed E-state index contributed by atoms with van der Waals surface area (Å²) in [4.78, 5) is 0. The first-order valence-corrected chi connectivity index (χ1v) is 2.84. The minimum atomic E-state index is 0.615. The monoisotopic (exact) mass is 135 g/mol. The van der Waals surface area contributed by atoms with E-state index < -0.39 is 0 Å². The lowest BCUT2D eigenvalue weighted by atomic mass is 10.3. The molecule has 1 aliphatic heterocycles. The smallest absolute Gasteiger partial charge is 0.128 e. The van der Waals surface area contributed by atoms with Crippen LogP contribution in [0.15, 0.2) is 28.0 Å². The molecule has 0 atom stereocenters. The molecule has 4 heteroatoms. The van der Waals surface area contributed by atoms with Gasteiger partial charge in [-0.25, -0.2) is 10.7 Å². The van der Waals surface area contributed by atoms with Crippen molar-refractivity contribution in [1.82, 2.24) is 5.16 Å². The average molecular weight is 135 g/mol. The molecule has 0 saturated heterocycles. The number of hydrogen-bond donors (Lipinski definition) is 2. The Hall–Kier alpha value is -1.58. The minimum Gasteiger partial charge on any atom is -0.389 e. The quantitative estimate of drug-likeness (QED) is 0.579. The van der Waals surface area contributed by atoms with E-state index in [1.807, 2.05) is 6.07 Å². The lowest BCUT2D eigenvalue weighted by molar-refractivity contribution is 0.425. The first kappa shape index (κ1) is 5.22. The Morgan fingerprint density at radius 1 is 1.50 bits per heavy atom. The SMILES string of the molecule is N=Nc1ccc2co[nH]c1-2. The van der Waals surface area contributed by atoms with Crippen LogP contribution in [0.2, 0.25) is 0 Å². The summed E-state index contributed by atoms with van der Waals surface area (Å²) in [5.74, 6) is 0. The normalized spacial score (nSPS) is 10.4. The zero-order valence-electron chi connectivity index (χ0n) is 5.09. The molecule has 0 bridgehead atoms. The largest absolute Gasteiger partial charge is 0.389 e. The number of fused-ring (bicyclic) bond motifs is 1. The van der Waals surface area contributed by atoms with Gasteiger partial charge in [0.2, 0.25) is 0 Å². The van der Waals surface area contributed by atoms with Crippen molar-refractivity contribution in [2.24, 2.45) is 5.11 Å². The van der Waals surface area contributed by atoms with E-state index in [2.05, 4.69) is 10.3 Å². The molecule has 0 amide bonds. The molecule has 2 rings (SSSR count). The Bertz CT molecular complexity index is 322. The third-order valence-corrected chi connectivity index (χ3v) is 1.43. The Morgan fingerprint density at radius 2 is 2.40 bits per heavy atom. The van der Waals surface area contributed by atoms with Gasteiger partial charge in [0, 0.05) is 5.56 Å². The summed E-state index contributed by atoms with van der Waals surface area (Å²) in [6.45, 7) is 0. The number of nitrogens with zero attached hydrogens (tertiary/aromatic N) is 1. The molecule has 0 fully saturated rings. The number of H-pyrrole nitrogens is 1. The van der Waals surface area contributed by atoms with Gasteiger partial charge in [-0.2, -0.15) is 5.11 Å². The van der Waals surface area contributed by atoms with Crippen LogP contribution in [0.1, 0.15) is 0 Å². The maximum absolute atomic E-state index is 6.74. The Kier molecular flexibility index (Phi) is 0.887. The summed E-state index contributed by atoms with van der Waals surface area (Å²) < 4.78 is 4.78. The maximum Gasteiger partial charge on any atom is 0.128 e. The molecule has 2 aliphatic rings. The number of rotatable bonds is 1. The Balaban J connectivity index is 2.71. The van der Waals surface area contributed by atoms with Gasteiger partial charge in [0.15, 0.2) is 0 Å². The third-order valence-electron chi connectivity index (χ3n) is 1.43. The molecule has 4 nitrogen and oxygen atoms in total. The number of aromatic nitrogens is 1. The van der Waals surface area contributed by atoms with Crippen molar-refractivity contribution in [3.8, 4) is 11.3 Å².